The molecular weight excluding hydrogens is 306 g/mol. The number of halogens is 2. The van der Waals surface area contributed by atoms with Gasteiger partial charge in [0, 0.05) is 38.9 Å². The van der Waals surface area contributed by atoms with Crippen molar-refractivity contribution in [1.29, 1.82) is 0 Å². The topological polar surface area (TPSA) is 69.6 Å². The van der Waals surface area contributed by atoms with Crippen LogP contribution in [0.15, 0.2) is 24.3 Å². The van der Waals surface area contributed by atoms with Gasteiger partial charge in [0.05, 0.1) is 0 Å². The second kappa shape index (κ2) is 7.39. The lowest BCUT2D eigenvalue weighted by atomic mass is 10.1. The van der Waals surface area contributed by atoms with Crippen molar-refractivity contribution < 1.29 is 23.5 Å². The third-order valence-electron chi connectivity index (χ3n) is 3.88. The van der Waals surface area contributed by atoms with E-state index in [9.17, 15) is 18.4 Å². The van der Waals surface area contributed by atoms with Crippen LogP contribution < -0.4 is 5.32 Å². The lowest BCUT2D eigenvalue weighted by Gasteiger charge is -2.31. The summed E-state index contributed by atoms with van der Waals surface area (Å²) in [6.45, 7) is 0.435. The second-order valence-corrected chi connectivity index (χ2v) is 5.71. The van der Waals surface area contributed by atoms with E-state index in [-0.39, 0.29) is 38.4 Å². The van der Waals surface area contributed by atoms with Crippen molar-refractivity contribution >= 4 is 12.0 Å². The number of piperidine rings is 1. The van der Waals surface area contributed by atoms with Crippen LogP contribution in [0, 0.1) is 0 Å². The lowest BCUT2D eigenvalue weighted by molar-refractivity contribution is -0.136. The Hall–Kier alpha value is -2.18. The number of carbonyl (C=O) groups excluding carboxylic acids is 1. The molecule has 1 fully saturated rings. The molecular formula is C16H20F2N2O3. The molecule has 1 aromatic rings. The molecule has 0 atom stereocenters. The monoisotopic (exact) mass is 326 g/mol. The highest BCUT2D eigenvalue weighted by atomic mass is 19.3. The van der Waals surface area contributed by atoms with Gasteiger partial charge in [-0.15, -0.1) is 0 Å². The number of alkyl halides is 2. The normalized spacial score (nSPS) is 16.9. The van der Waals surface area contributed by atoms with Crippen molar-refractivity contribution in [1.82, 2.24) is 10.2 Å². The number of likely N-dealkylation sites (tertiary alicyclic amines) is 1. The van der Waals surface area contributed by atoms with Gasteiger partial charge in [0.25, 0.3) is 5.92 Å². The van der Waals surface area contributed by atoms with Crippen molar-refractivity contribution in [3.05, 3.63) is 35.4 Å². The van der Waals surface area contributed by atoms with Crippen LogP contribution in [-0.4, -0.2) is 41.0 Å². The summed E-state index contributed by atoms with van der Waals surface area (Å²) < 4.78 is 26.1. The number of carboxylic acid groups (broad SMARTS) is 1. The maximum Gasteiger partial charge on any atom is 0.317 e. The van der Waals surface area contributed by atoms with Crippen molar-refractivity contribution in [2.45, 2.75) is 38.2 Å². The smallest absolute Gasteiger partial charge is 0.317 e. The summed E-state index contributed by atoms with van der Waals surface area (Å²) in [6.07, 6.45) is -0.0446. The number of hydrogen-bond acceptors (Lipinski definition) is 2. The Morgan fingerprint density at radius 1 is 1.13 bits per heavy atom. The van der Waals surface area contributed by atoms with Gasteiger partial charge in [-0.1, -0.05) is 24.3 Å². The Labute approximate surface area is 133 Å². The molecule has 0 saturated carbocycles. The number of hydrogen-bond donors (Lipinski definition) is 2. The van der Waals surface area contributed by atoms with Gasteiger partial charge < -0.3 is 15.3 Å². The molecule has 23 heavy (non-hydrogen) atoms. The van der Waals surface area contributed by atoms with E-state index in [1.165, 1.54) is 4.90 Å². The van der Waals surface area contributed by atoms with Crippen LogP contribution >= 0.6 is 0 Å². The van der Waals surface area contributed by atoms with Crippen molar-refractivity contribution in [2.75, 3.05) is 13.1 Å². The van der Waals surface area contributed by atoms with Crippen LogP contribution in [0.5, 0.6) is 0 Å². The molecule has 1 aliphatic rings. The summed E-state index contributed by atoms with van der Waals surface area (Å²) >= 11 is 0. The summed E-state index contributed by atoms with van der Waals surface area (Å²) in [5, 5.41) is 11.3. The first-order valence-electron chi connectivity index (χ1n) is 7.56. The number of nitrogens with zero attached hydrogens (tertiary/aromatic N) is 1. The van der Waals surface area contributed by atoms with E-state index >= 15 is 0 Å². The Bertz CT molecular complexity index is 551. The average molecular weight is 326 g/mol. The highest BCUT2D eigenvalue weighted by molar-refractivity contribution is 5.74. The number of amides is 2. The Kier molecular flexibility index (Phi) is 5.52. The fourth-order valence-corrected chi connectivity index (χ4v) is 2.40. The van der Waals surface area contributed by atoms with Crippen LogP contribution in [0.3, 0.4) is 0 Å². The molecule has 5 nitrogen and oxygen atoms in total. The molecule has 0 spiro atoms. The van der Waals surface area contributed by atoms with Gasteiger partial charge >= 0.3 is 12.0 Å². The zero-order valence-electron chi connectivity index (χ0n) is 12.7. The number of aliphatic carboxylic acids is 1. The number of carboxylic acids is 1. The van der Waals surface area contributed by atoms with Crippen molar-refractivity contribution in [3.63, 3.8) is 0 Å². The van der Waals surface area contributed by atoms with E-state index in [0.717, 1.165) is 11.1 Å². The number of carbonyl (C=O) groups is 2. The van der Waals surface area contributed by atoms with E-state index in [1.807, 2.05) is 24.3 Å². The molecule has 1 aromatic carbocycles. The summed E-state index contributed by atoms with van der Waals surface area (Å²) in [5.41, 5.74) is 1.79. The zero-order chi connectivity index (χ0) is 16.9. The maximum atomic E-state index is 13.0. The maximum absolute atomic E-state index is 13.0. The van der Waals surface area contributed by atoms with Crippen LogP contribution in [0.1, 0.15) is 30.4 Å². The standard InChI is InChI=1S/C16H20F2N2O3/c17-16(18)7-9-20(10-8-16)15(23)19-11-13-3-1-12(2-4-13)5-6-14(21)22/h1-4H,5-11H2,(H,19,23)(H,21,22). The molecule has 1 saturated heterocycles. The SMILES string of the molecule is O=C(O)CCc1ccc(CNC(=O)N2CCC(F)(F)CC2)cc1. The number of benzene rings is 1. The summed E-state index contributed by atoms with van der Waals surface area (Å²) in [6, 6.07) is 6.96. The van der Waals surface area contributed by atoms with E-state index in [0.29, 0.717) is 13.0 Å². The van der Waals surface area contributed by atoms with Crippen LogP contribution in [0.25, 0.3) is 0 Å². The predicted molar refractivity (Wildman–Crippen MR) is 80.4 cm³/mol. The number of nitrogens with one attached hydrogen (secondary N) is 1. The lowest BCUT2D eigenvalue weighted by Crippen LogP contribution is -2.47. The Morgan fingerprint density at radius 3 is 2.26 bits per heavy atom. The van der Waals surface area contributed by atoms with Crippen molar-refractivity contribution in [2.24, 2.45) is 0 Å². The molecule has 0 unspecified atom stereocenters. The number of rotatable bonds is 5. The van der Waals surface area contributed by atoms with E-state index in [1.54, 1.807) is 0 Å². The Balaban J connectivity index is 1.77. The Morgan fingerprint density at radius 2 is 1.70 bits per heavy atom. The minimum absolute atomic E-state index is 0.0625. The molecule has 7 heteroatoms. The third kappa shape index (κ3) is 5.50. The van der Waals surface area contributed by atoms with Gasteiger partial charge in [-0.25, -0.2) is 13.6 Å². The van der Waals surface area contributed by atoms with Gasteiger partial charge in [-0.2, -0.15) is 0 Å². The number of urea groups is 1. The van der Waals surface area contributed by atoms with Crippen LogP contribution in [0.4, 0.5) is 13.6 Å². The van der Waals surface area contributed by atoms with Crippen LogP contribution in [-0.2, 0) is 17.8 Å². The highest BCUT2D eigenvalue weighted by Crippen LogP contribution is 2.27. The van der Waals surface area contributed by atoms with Gasteiger partial charge in [0.1, 0.15) is 0 Å². The quantitative estimate of drug-likeness (QED) is 0.874. The van der Waals surface area contributed by atoms with E-state index < -0.39 is 11.9 Å². The third-order valence-corrected chi connectivity index (χ3v) is 3.88. The van der Waals surface area contributed by atoms with Crippen LogP contribution in [0.2, 0.25) is 0 Å². The fourth-order valence-electron chi connectivity index (χ4n) is 2.40. The summed E-state index contributed by atoms with van der Waals surface area (Å²) in [7, 11) is 0. The summed E-state index contributed by atoms with van der Waals surface area (Å²) in [5.74, 6) is -3.50. The highest BCUT2D eigenvalue weighted by Gasteiger charge is 2.35. The van der Waals surface area contributed by atoms with Gasteiger partial charge in [-0.3, -0.25) is 4.79 Å². The van der Waals surface area contributed by atoms with Gasteiger partial charge in [0.15, 0.2) is 0 Å². The minimum Gasteiger partial charge on any atom is -0.481 e. The van der Waals surface area contributed by atoms with E-state index in [4.69, 9.17) is 5.11 Å². The zero-order valence-corrected chi connectivity index (χ0v) is 12.7. The minimum atomic E-state index is -2.66. The van der Waals surface area contributed by atoms with Gasteiger partial charge in [0.2, 0.25) is 0 Å². The molecule has 0 aromatic heterocycles. The molecule has 1 aliphatic heterocycles. The molecule has 2 rings (SSSR count). The van der Waals surface area contributed by atoms with E-state index in [2.05, 4.69) is 5.32 Å². The molecule has 126 valence electrons. The first-order chi connectivity index (χ1) is 10.9. The second-order valence-electron chi connectivity index (χ2n) is 5.71. The molecule has 0 radical (unpaired) electrons. The molecule has 0 aliphatic carbocycles. The largest absolute Gasteiger partial charge is 0.481 e. The number of aryl methyl sites for hydroxylation is 1. The first kappa shape index (κ1) is 17.2. The van der Waals surface area contributed by atoms with Crippen molar-refractivity contribution in [3.8, 4) is 0 Å². The van der Waals surface area contributed by atoms with Gasteiger partial charge in [-0.05, 0) is 17.5 Å². The fraction of sp³-hybridized carbons (Fsp3) is 0.500. The predicted octanol–water partition coefficient (Wildman–Crippen LogP) is 2.64. The molecule has 0 bridgehead atoms. The summed E-state index contributed by atoms with van der Waals surface area (Å²) in [4.78, 5) is 23.8. The molecule has 2 N–H and O–H groups in total. The molecule has 2 amide bonds. The average Bonchev–Trinajstić information content (AvgIpc) is 2.51. The first-order valence-corrected chi connectivity index (χ1v) is 7.56. The molecule has 1 heterocycles.